The number of primary amides is 1. The van der Waals surface area contributed by atoms with E-state index < -0.39 is 5.91 Å². The fourth-order valence-electron chi connectivity index (χ4n) is 3.63. The Morgan fingerprint density at radius 3 is 2.85 bits per heavy atom. The molecule has 0 atom stereocenters. The number of carbonyl (C=O) groups excluding carboxylic acids is 2. The normalized spacial score (nSPS) is 13.3. The summed E-state index contributed by atoms with van der Waals surface area (Å²) in [6, 6.07) is 3.72. The second-order valence-electron chi connectivity index (χ2n) is 7.80. The van der Waals surface area contributed by atoms with Gasteiger partial charge in [-0.1, -0.05) is 11.3 Å². The summed E-state index contributed by atoms with van der Waals surface area (Å²) in [5.74, 6) is -0.712. The number of H-pyrrole nitrogens is 1. The Balaban J connectivity index is 1.55. The predicted octanol–water partition coefficient (Wildman–Crippen LogP) is 2.81. The van der Waals surface area contributed by atoms with E-state index in [1.807, 2.05) is 6.20 Å². The van der Waals surface area contributed by atoms with Crippen molar-refractivity contribution in [3.63, 3.8) is 0 Å². The van der Waals surface area contributed by atoms with Gasteiger partial charge in [-0.25, -0.2) is 9.67 Å². The van der Waals surface area contributed by atoms with Crippen LogP contribution in [0.4, 0.5) is 10.8 Å². The molecule has 1 amide bonds. The van der Waals surface area contributed by atoms with Crippen molar-refractivity contribution < 1.29 is 14.7 Å². The van der Waals surface area contributed by atoms with Crippen molar-refractivity contribution in [3.8, 4) is 16.3 Å². The first-order chi connectivity index (χ1) is 16.0. The van der Waals surface area contributed by atoms with E-state index in [1.165, 1.54) is 18.3 Å². The van der Waals surface area contributed by atoms with Crippen LogP contribution in [0.15, 0.2) is 43.1 Å². The molecule has 1 aliphatic carbocycles. The molecule has 0 spiro atoms. The Kier molecular flexibility index (Phi) is 5.27. The van der Waals surface area contributed by atoms with Crippen molar-refractivity contribution in [1.82, 2.24) is 24.7 Å². The maximum absolute atomic E-state index is 12.2. The lowest BCUT2D eigenvalue weighted by Crippen LogP contribution is -2.19. The third-order valence-corrected chi connectivity index (χ3v) is 6.53. The molecule has 4 aromatic heterocycles. The number of aliphatic hydroxyl groups is 1. The minimum atomic E-state index is -0.637. The molecule has 11 heteroatoms. The van der Waals surface area contributed by atoms with E-state index in [0.717, 1.165) is 24.2 Å². The molecule has 4 aromatic rings. The number of hydrogen-bond acceptors (Lipinski definition) is 8. The molecule has 4 N–H and O–H groups in total. The minimum Gasteiger partial charge on any atom is -0.392 e. The summed E-state index contributed by atoms with van der Waals surface area (Å²) in [6.45, 7) is 1.33. The highest BCUT2D eigenvalue weighted by atomic mass is 32.1. The monoisotopic (exact) mass is 463 g/mol. The SMILES string of the molecule is CC(=O)c1c[nH]c(-c2sc(N(c3cnn(-c4ccncc4CO)c3)C3CC3)nc2C(N)=O)c1. The van der Waals surface area contributed by atoms with Crippen LogP contribution < -0.4 is 10.6 Å². The molecule has 0 saturated heterocycles. The Morgan fingerprint density at radius 1 is 1.36 bits per heavy atom. The summed E-state index contributed by atoms with van der Waals surface area (Å²) in [5, 5.41) is 14.7. The Labute approximate surface area is 192 Å². The lowest BCUT2D eigenvalue weighted by atomic mass is 10.2. The predicted molar refractivity (Wildman–Crippen MR) is 123 cm³/mol. The lowest BCUT2D eigenvalue weighted by molar-refractivity contribution is 0.0993. The van der Waals surface area contributed by atoms with Gasteiger partial charge in [-0.2, -0.15) is 5.10 Å². The molecule has 33 heavy (non-hydrogen) atoms. The van der Waals surface area contributed by atoms with Gasteiger partial charge in [0.1, 0.15) is 0 Å². The van der Waals surface area contributed by atoms with Crippen LogP contribution in [0, 0.1) is 0 Å². The standard InChI is InChI=1S/C22H21N7O3S/c1-12(31)13-6-17(25-8-13)20-19(21(23)32)27-22(33-20)29(15-2-3-15)16-9-26-28(10-16)18-4-5-24-7-14(18)11-30/h4-10,15,25,30H,2-3,11H2,1H3,(H2,23,32). The molecule has 4 heterocycles. The van der Waals surface area contributed by atoms with Crippen LogP contribution in [0.5, 0.6) is 0 Å². The van der Waals surface area contributed by atoms with Gasteiger partial charge >= 0.3 is 0 Å². The minimum absolute atomic E-state index is 0.0757. The number of ketones is 1. The topological polar surface area (TPSA) is 143 Å². The summed E-state index contributed by atoms with van der Waals surface area (Å²) in [4.78, 5) is 38.2. The van der Waals surface area contributed by atoms with Crippen LogP contribution in [-0.2, 0) is 6.61 Å². The first-order valence-corrected chi connectivity index (χ1v) is 11.2. The fraction of sp³-hybridized carbons (Fsp3) is 0.227. The number of aromatic amines is 1. The zero-order valence-electron chi connectivity index (χ0n) is 17.7. The van der Waals surface area contributed by atoms with Crippen molar-refractivity contribution >= 4 is 33.8 Å². The smallest absolute Gasteiger partial charge is 0.268 e. The van der Waals surface area contributed by atoms with E-state index in [4.69, 9.17) is 5.73 Å². The number of pyridine rings is 1. The first-order valence-electron chi connectivity index (χ1n) is 10.3. The zero-order valence-corrected chi connectivity index (χ0v) is 18.5. The van der Waals surface area contributed by atoms with Gasteiger partial charge in [0, 0.05) is 35.8 Å². The summed E-state index contributed by atoms with van der Waals surface area (Å²) in [5.41, 5.74) is 9.13. The third-order valence-electron chi connectivity index (χ3n) is 5.44. The van der Waals surface area contributed by atoms with Crippen LogP contribution in [0.3, 0.4) is 0 Å². The van der Waals surface area contributed by atoms with Gasteiger partial charge in [0.05, 0.1) is 40.9 Å². The van der Waals surface area contributed by atoms with Crippen LogP contribution in [0.1, 0.15) is 46.2 Å². The number of carbonyl (C=O) groups is 2. The number of amides is 1. The number of rotatable bonds is 8. The second-order valence-corrected chi connectivity index (χ2v) is 8.78. The van der Waals surface area contributed by atoms with Crippen molar-refractivity contribution in [1.29, 1.82) is 0 Å². The Hall–Kier alpha value is -3.83. The van der Waals surface area contributed by atoms with E-state index in [9.17, 15) is 14.7 Å². The molecule has 0 aromatic carbocycles. The van der Waals surface area contributed by atoms with E-state index >= 15 is 0 Å². The summed E-state index contributed by atoms with van der Waals surface area (Å²) in [6.07, 6.45) is 10.4. The molecule has 0 radical (unpaired) electrons. The van der Waals surface area contributed by atoms with Crippen molar-refractivity contribution in [3.05, 3.63) is 59.9 Å². The Morgan fingerprint density at radius 2 is 2.18 bits per heavy atom. The average molecular weight is 464 g/mol. The van der Waals surface area contributed by atoms with Crippen molar-refractivity contribution in [2.45, 2.75) is 32.4 Å². The summed E-state index contributed by atoms with van der Waals surface area (Å²) in [7, 11) is 0. The fourth-order valence-corrected chi connectivity index (χ4v) is 4.78. The molecular weight excluding hydrogens is 442 g/mol. The Bertz CT molecular complexity index is 1350. The van der Waals surface area contributed by atoms with Crippen LogP contribution in [0.25, 0.3) is 16.3 Å². The number of nitrogens with two attached hydrogens (primary N) is 1. The molecular formula is C22H21N7O3S. The zero-order chi connectivity index (χ0) is 23.1. The molecule has 10 nitrogen and oxygen atoms in total. The molecule has 0 aliphatic heterocycles. The van der Waals surface area contributed by atoms with Crippen molar-refractivity contribution in [2.75, 3.05) is 4.90 Å². The molecule has 0 unspecified atom stereocenters. The van der Waals surface area contributed by atoms with Gasteiger partial charge in [0.2, 0.25) is 0 Å². The molecule has 168 valence electrons. The first kappa shape index (κ1) is 21.0. The highest BCUT2D eigenvalue weighted by Gasteiger charge is 2.34. The quantitative estimate of drug-likeness (QED) is 0.341. The number of thiazole rings is 1. The van der Waals surface area contributed by atoms with E-state index in [-0.39, 0.29) is 24.1 Å². The highest BCUT2D eigenvalue weighted by Crippen LogP contribution is 2.43. The number of anilines is 2. The maximum atomic E-state index is 12.2. The molecule has 1 fully saturated rings. The lowest BCUT2D eigenvalue weighted by Gasteiger charge is -2.19. The van der Waals surface area contributed by atoms with Gasteiger partial charge in [-0.05, 0) is 31.9 Å². The number of nitrogens with one attached hydrogen (secondary N) is 1. The molecule has 5 rings (SSSR count). The number of aliphatic hydroxyl groups excluding tert-OH is 1. The van der Waals surface area contributed by atoms with E-state index in [2.05, 4.69) is 25.0 Å². The van der Waals surface area contributed by atoms with Gasteiger partial charge in [0.15, 0.2) is 16.6 Å². The van der Waals surface area contributed by atoms with Gasteiger partial charge < -0.3 is 20.7 Å². The van der Waals surface area contributed by atoms with E-state index in [1.54, 1.807) is 41.6 Å². The number of Topliss-reactive ketones (excluding diaryl/α,β-unsaturated/α-hetero) is 1. The van der Waals surface area contributed by atoms with Gasteiger partial charge in [-0.3, -0.25) is 14.6 Å². The highest BCUT2D eigenvalue weighted by molar-refractivity contribution is 7.19. The molecule has 1 saturated carbocycles. The van der Waals surface area contributed by atoms with Crippen LogP contribution >= 0.6 is 11.3 Å². The second kappa shape index (κ2) is 8.26. The summed E-state index contributed by atoms with van der Waals surface area (Å²) < 4.78 is 1.69. The van der Waals surface area contributed by atoms with Gasteiger partial charge in [0.25, 0.3) is 5.91 Å². The molecule has 0 bridgehead atoms. The van der Waals surface area contributed by atoms with Crippen LogP contribution in [0.2, 0.25) is 0 Å². The number of aromatic nitrogens is 5. The van der Waals surface area contributed by atoms with E-state index in [0.29, 0.717) is 26.8 Å². The van der Waals surface area contributed by atoms with Crippen LogP contribution in [-0.4, -0.2) is 47.6 Å². The van der Waals surface area contributed by atoms with Gasteiger partial charge in [-0.15, -0.1) is 0 Å². The summed E-state index contributed by atoms with van der Waals surface area (Å²) >= 11 is 1.33. The number of nitrogens with zero attached hydrogens (tertiary/aromatic N) is 5. The maximum Gasteiger partial charge on any atom is 0.268 e. The number of hydrogen-bond donors (Lipinski definition) is 3. The average Bonchev–Trinajstić information content (AvgIpc) is 3.21. The van der Waals surface area contributed by atoms with Crippen molar-refractivity contribution in [2.24, 2.45) is 5.73 Å². The largest absolute Gasteiger partial charge is 0.392 e. The molecule has 1 aliphatic rings. The third kappa shape index (κ3) is 3.92.